The van der Waals surface area contributed by atoms with Crippen LogP contribution >= 0.6 is 0 Å². The van der Waals surface area contributed by atoms with E-state index in [-0.39, 0.29) is 25.0 Å². The fourth-order valence-corrected chi connectivity index (χ4v) is 4.59. The molecule has 1 aliphatic carbocycles. The first-order valence-corrected chi connectivity index (χ1v) is 10.4. The van der Waals surface area contributed by atoms with Gasteiger partial charge < -0.3 is 15.0 Å². The lowest BCUT2D eigenvalue weighted by atomic mass is 9.77. The molecule has 0 spiro atoms. The Labute approximate surface area is 172 Å². The van der Waals surface area contributed by atoms with Crippen LogP contribution < -0.4 is 5.32 Å². The van der Waals surface area contributed by atoms with Crippen molar-refractivity contribution in [2.24, 2.45) is 24.8 Å². The van der Waals surface area contributed by atoms with Gasteiger partial charge in [-0.05, 0) is 32.1 Å². The normalized spacial score (nSPS) is 27.2. The Hall–Kier alpha value is -2.38. The number of esters is 1. The molecule has 29 heavy (non-hydrogen) atoms. The number of nitrogens with one attached hydrogen (secondary N) is 1. The number of hydrogen-bond acceptors (Lipinski definition) is 5. The Morgan fingerprint density at radius 2 is 1.97 bits per heavy atom. The van der Waals surface area contributed by atoms with Crippen LogP contribution in [0.4, 0.5) is 5.69 Å². The number of carbonyl (C=O) groups excluding carboxylic acids is 3. The molecule has 0 radical (unpaired) electrons. The monoisotopic (exact) mass is 404 g/mol. The average molecular weight is 405 g/mol. The highest BCUT2D eigenvalue weighted by atomic mass is 16.5. The number of rotatable bonds is 5. The van der Waals surface area contributed by atoms with Crippen molar-refractivity contribution in [1.82, 2.24) is 14.7 Å². The van der Waals surface area contributed by atoms with E-state index < -0.39 is 17.8 Å². The van der Waals surface area contributed by atoms with E-state index >= 15 is 0 Å². The summed E-state index contributed by atoms with van der Waals surface area (Å²) < 4.78 is 6.90. The van der Waals surface area contributed by atoms with E-state index in [0.29, 0.717) is 29.8 Å². The van der Waals surface area contributed by atoms with Gasteiger partial charge in [0.25, 0.3) is 5.91 Å². The minimum absolute atomic E-state index is 0.0176. The van der Waals surface area contributed by atoms with Crippen LogP contribution in [0.1, 0.15) is 50.9 Å². The van der Waals surface area contributed by atoms with Crippen LogP contribution in [0.5, 0.6) is 0 Å². The van der Waals surface area contributed by atoms with Gasteiger partial charge in [-0.25, -0.2) is 0 Å². The van der Waals surface area contributed by atoms with Gasteiger partial charge in [0.2, 0.25) is 5.91 Å². The van der Waals surface area contributed by atoms with Crippen molar-refractivity contribution in [2.45, 2.75) is 59.4 Å². The summed E-state index contributed by atoms with van der Waals surface area (Å²) in [4.78, 5) is 39.1. The molecular formula is C21H32N4O4. The molecule has 0 unspecified atom stereocenters. The molecule has 0 aromatic carbocycles. The Kier molecular flexibility index (Phi) is 6.29. The highest BCUT2D eigenvalue weighted by Gasteiger charge is 2.42. The minimum atomic E-state index is -0.499. The summed E-state index contributed by atoms with van der Waals surface area (Å²) in [6.45, 7) is 8.11. The predicted octanol–water partition coefficient (Wildman–Crippen LogP) is 2.19. The molecule has 1 saturated heterocycles. The van der Waals surface area contributed by atoms with Crippen LogP contribution in [0.3, 0.4) is 0 Å². The van der Waals surface area contributed by atoms with Gasteiger partial charge in [-0.1, -0.05) is 26.7 Å². The zero-order chi connectivity index (χ0) is 21.3. The quantitative estimate of drug-likeness (QED) is 0.760. The lowest BCUT2D eigenvalue weighted by molar-refractivity contribution is -0.151. The summed E-state index contributed by atoms with van der Waals surface area (Å²) in [5, 5.41) is 6.99. The molecule has 4 atom stereocenters. The molecule has 1 N–H and O–H groups in total. The van der Waals surface area contributed by atoms with Gasteiger partial charge in [0.1, 0.15) is 0 Å². The van der Waals surface area contributed by atoms with Crippen LogP contribution in [0.2, 0.25) is 0 Å². The number of aryl methyl sites for hydroxylation is 2. The van der Waals surface area contributed by atoms with E-state index in [1.807, 2.05) is 11.8 Å². The van der Waals surface area contributed by atoms with Crippen LogP contribution in [0, 0.1) is 31.6 Å². The summed E-state index contributed by atoms with van der Waals surface area (Å²) >= 11 is 0. The standard InChI is InChI=1S/C21H32N4O4/c1-12-7-6-8-17(13(12)2)25-10-16(9-19(25)27)21(28)29-11-18(26)22-20-14(3)23-24(5)15(20)4/h12-13,16-17H,6-11H2,1-5H3,(H,22,26)/t12-,13-,16-,17-/m0/s1. The van der Waals surface area contributed by atoms with Gasteiger partial charge in [0, 0.05) is 26.1 Å². The molecule has 0 bridgehead atoms. The van der Waals surface area contributed by atoms with Crippen molar-refractivity contribution >= 4 is 23.5 Å². The number of likely N-dealkylation sites (tertiary alicyclic amines) is 1. The van der Waals surface area contributed by atoms with Crippen LogP contribution in [-0.4, -0.2) is 51.7 Å². The fraction of sp³-hybridized carbons (Fsp3) is 0.714. The van der Waals surface area contributed by atoms with Crippen LogP contribution in [0.25, 0.3) is 0 Å². The third-order valence-electron chi connectivity index (χ3n) is 6.67. The van der Waals surface area contributed by atoms with Crippen molar-refractivity contribution < 1.29 is 19.1 Å². The Bertz CT molecular complexity index is 803. The van der Waals surface area contributed by atoms with Crippen molar-refractivity contribution in [1.29, 1.82) is 0 Å². The summed E-state index contributed by atoms with van der Waals surface area (Å²) in [6.07, 6.45) is 3.46. The van der Waals surface area contributed by atoms with E-state index in [4.69, 9.17) is 4.74 Å². The Balaban J connectivity index is 1.52. The molecule has 2 amide bonds. The first-order valence-electron chi connectivity index (χ1n) is 10.4. The molecule has 8 nitrogen and oxygen atoms in total. The molecular weight excluding hydrogens is 372 g/mol. The summed E-state index contributed by atoms with van der Waals surface area (Å²) in [7, 11) is 1.80. The molecule has 2 heterocycles. The highest BCUT2D eigenvalue weighted by molar-refractivity contribution is 5.94. The molecule has 8 heteroatoms. The number of amides is 2. The van der Waals surface area contributed by atoms with Crippen LogP contribution in [-0.2, 0) is 26.2 Å². The third-order valence-corrected chi connectivity index (χ3v) is 6.67. The minimum Gasteiger partial charge on any atom is -0.455 e. The molecule has 160 valence electrons. The van der Waals surface area contributed by atoms with Crippen molar-refractivity contribution in [2.75, 3.05) is 18.5 Å². The predicted molar refractivity (Wildman–Crippen MR) is 108 cm³/mol. The Morgan fingerprint density at radius 3 is 2.62 bits per heavy atom. The second kappa shape index (κ2) is 8.55. The fourth-order valence-electron chi connectivity index (χ4n) is 4.59. The molecule has 1 aromatic rings. The number of hydrogen-bond donors (Lipinski definition) is 1. The third kappa shape index (κ3) is 4.46. The maximum atomic E-state index is 12.5. The molecule has 3 rings (SSSR count). The van der Waals surface area contributed by atoms with E-state index in [1.165, 1.54) is 6.42 Å². The largest absolute Gasteiger partial charge is 0.455 e. The average Bonchev–Trinajstić information content (AvgIpc) is 3.17. The smallest absolute Gasteiger partial charge is 0.311 e. The zero-order valence-electron chi connectivity index (χ0n) is 18.0. The van der Waals surface area contributed by atoms with Crippen LogP contribution in [0.15, 0.2) is 0 Å². The van der Waals surface area contributed by atoms with Gasteiger partial charge >= 0.3 is 5.97 Å². The molecule has 1 aliphatic heterocycles. The van der Waals surface area contributed by atoms with Gasteiger partial charge in [0.15, 0.2) is 6.61 Å². The van der Waals surface area contributed by atoms with E-state index in [2.05, 4.69) is 24.3 Å². The highest BCUT2D eigenvalue weighted by Crippen LogP contribution is 2.35. The van der Waals surface area contributed by atoms with Gasteiger partial charge in [-0.2, -0.15) is 5.10 Å². The maximum absolute atomic E-state index is 12.5. The van der Waals surface area contributed by atoms with Crippen molar-refractivity contribution in [3.8, 4) is 0 Å². The molecule has 1 aromatic heterocycles. The lowest BCUT2D eigenvalue weighted by Crippen LogP contribution is -2.45. The summed E-state index contributed by atoms with van der Waals surface area (Å²) in [5.41, 5.74) is 2.17. The first-order chi connectivity index (χ1) is 13.7. The van der Waals surface area contributed by atoms with Crippen molar-refractivity contribution in [3.05, 3.63) is 11.4 Å². The first kappa shape index (κ1) is 21.3. The summed E-state index contributed by atoms with van der Waals surface area (Å²) in [5.74, 6) is -0.360. The second-order valence-electron chi connectivity index (χ2n) is 8.61. The van der Waals surface area contributed by atoms with E-state index in [0.717, 1.165) is 18.5 Å². The number of ether oxygens (including phenoxy) is 1. The lowest BCUT2D eigenvalue weighted by Gasteiger charge is -2.39. The van der Waals surface area contributed by atoms with Gasteiger partial charge in [0.05, 0.1) is 23.0 Å². The summed E-state index contributed by atoms with van der Waals surface area (Å²) in [6, 6.07) is 0.198. The second-order valence-corrected chi connectivity index (χ2v) is 8.61. The number of anilines is 1. The number of carbonyl (C=O) groups is 3. The zero-order valence-corrected chi connectivity index (χ0v) is 18.0. The molecule has 1 saturated carbocycles. The molecule has 2 aliphatic rings. The van der Waals surface area contributed by atoms with E-state index in [1.54, 1.807) is 18.7 Å². The van der Waals surface area contributed by atoms with Gasteiger partial charge in [-0.15, -0.1) is 0 Å². The topological polar surface area (TPSA) is 93.5 Å². The maximum Gasteiger partial charge on any atom is 0.311 e. The van der Waals surface area contributed by atoms with E-state index in [9.17, 15) is 14.4 Å². The molecule has 2 fully saturated rings. The number of nitrogens with zero attached hydrogens (tertiary/aromatic N) is 3. The Morgan fingerprint density at radius 1 is 1.24 bits per heavy atom. The number of aromatic nitrogens is 2. The van der Waals surface area contributed by atoms with Crippen molar-refractivity contribution in [3.63, 3.8) is 0 Å². The van der Waals surface area contributed by atoms with Gasteiger partial charge in [-0.3, -0.25) is 19.1 Å². The SMILES string of the molecule is Cc1nn(C)c(C)c1NC(=O)COC(=O)[C@H]1CC(=O)N([C@H]2CCC[C@H](C)[C@@H]2C)C1.